The first-order valence-electron chi connectivity index (χ1n) is 5.66. The van der Waals surface area contributed by atoms with E-state index in [9.17, 15) is 9.90 Å². The third-order valence-corrected chi connectivity index (χ3v) is 3.05. The molecule has 0 saturated carbocycles. The molecule has 2 rings (SSSR count). The molecule has 0 aromatic heterocycles. The van der Waals surface area contributed by atoms with Gasteiger partial charge in [0.1, 0.15) is 5.75 Å². The molecule has 0 spiro atoms. The molecule has 0 fully saturated rings. The molecule has 1 amide bonds. The standard InChI is InChI=1S/C13H16N2O2/c1-7-6-11(16)14-15-12(7)10-4-8(2)13(17)9(3)5-10/h4-5,7,17H,6H2,1-3H3,(H,14,16). The highest BCUT2D eigenvalue weighted by molar-refractivity contribution is 6.06. The number of amides is 1. The normalized spacial score (nSPS) is 19.8. The minimum atomic E-state index is -0.0477. The summed E-state index contributed by atoms with van der Waals surface area (Å²) in [6.45, 7) is 5.70. The number of hydrazone groups is 1. The number of rotatable bonds is 1. The van der Waals surface area contributed by atoms with Gasteiger partial charge in [-0.3, -0.25) is 4.79 Å². The fraction of sp³-hybridized carbons (Fsp3) is 0.385. The van der Waals surface area contributed by atoms with Crippen molar-refractivity contribution in [1.82, 2.24) is 5.43 Å². The lowest BCUT2D eigenvalue weighted by Crippen LogP contribution is -2.32. The number of aryl methyl sites for hydroxylation is 2. The van der Waals surface area contributed by atoms with Gasteiger partial charge in [-0.25, -0.2) is 5.43 Å². The highest BCUT2D eigenvalue weighted by Crippen LogP contribution is 2.25. The molecule has 4 nitrogen and oxygen atoms in total. The first-order chi connectivity index (χ1) is 7.99. The Hall–Kier alpha value is -1.84. The number of benzene rings is 1. The zero-order valence-corrected chi connectivity index (χ0v) is 10.2. The first-order valence-corrected chi connectivity index (χ1v) is 5.66. The Morgan fingerprint density at radius 3 is 2.47 bits per heavy atom. The van der Waals surface area contributed by atoms with Crippen LogP contribution in [0.3, 0.4) is 0 Å². The van der Waals surface area contributed by atoms with Crippen LogP contribution in [0.4, 0.5) is 0 Å². The summed E-state index contributed by atoms with van der Waals surface area (Å²) < 4.78 is 0. The smallest absolute Gasteiger partial charge is 0.240 e. The maximum Gasteiger partial charge on any atom is 0.240 e. The number of hydrogen-bond donors (Lipinski definition) is 2. The maximum atomic E-state index is 11.2. The van der Waals surface area contributed by atoms with E-state index in [2.05, 4.69) is 10.5 Å². The van der Waals surface area contributed by atoms with Crippen LogP contribution in [0.25, 0.3) is 0 Å². The molecule has 1 unspecified atom stereocenters. The lowest BCUT2D eigenvalue weighted by molar-refractivity contribution is -0.121. The summed E-state index contributed by atoms with van der Waals surface area (Å²) in [5.41, 5.74) is 5.99. The Morgan fingerprint density at radius 1 is 1.35 bits per heavy atom. The molecule has 17 heavy (non-hydrogen) atoms. The predicted octanol–water partition coefficient (Wildman–Crippen LogP) is 1.87. The molecular weight excluding hydrogens is 216 g/mol. The Kier molecular flexibility index (Phi) is 2.88. The van der Waals surface area contributed by atoms with Crippen molar-refractivity contribution < 1.29 is 9.90 Å². The number of nitrogens with one attached hydrogen (secondary N) is 1. The molecule has 1 aliphatic rings. The van der Waals surface area contributed by atoms with Crippen LogP contribution < -0.4 is 5.43 Å². The molecule has 0 saturated heterocycles. The molecule has 0 aliphatic carbocycles. The molecule has 4 heteroatoms. The van der Waals surface area contributed by atoms with E-state index in [0.717, 1.165) is 22.4 Å². The van der Waals surface area contributed by atoms with Crippen molar-refractivity contribution in [1.29, 1.82) is 0 Å². The average molecular weight is 232 g/mol. The summed E-state index contributed by atoms with van der Waals surface area (Å²) in [6.07, 6.45) is 0.456. The van der Waals surface area contributed by atoms with Gasteiger partial charge in [0, 0.05) is 12.3 Å². The molecule has 1 heterocycles. The van der Waals surface area contributed by atoms with Crippen LogP contribution >= 0.6 is 0 Å². The largest absolute Gasteiger partial charge is 0.507 e. The fourth-order valence-electron chi connectivity index (χ4n) is 2.11. The Bertz CT molecular complexity index is 483. The minimum Gasteiger partial charge on any atom is -0.507 e. The van der Waals surface area contributed by atoms with Crippen LogP contribution in [0, 0.1) is 19.8 Å². The average Bonchev–Trinajstić information content (AvgIpc) is 2.25. The Balaban J connectivity index is 2.44. The Labute approximate surface area is 100 Å². The van der Waals surface area contributed by atoms with E-state index in [1.165, 1.54) is 0 Å². The van der Waals surface area contributed by atoms with Gasteiger partial charge in [-0.1, -0.05) is 6.92 Å². The molecule has 2 N–H and O–H groups in total. The predicted molar refractivity (Wildman–Crippen MR) is 66.0 cm³/mol. The lowest BCUT2D eigenvalue weighted by atomic mass is 9.92. The van der Waals surface area contributed by atoms with Gasteiger partial charge in [-0.15, -0.1) is 0 Å². The van der Waals surface area contributed by atoms with Crippen molar-refractivity contribution in [2.24, 2.45) is 11.0 Å². The van der Waals surface area contributed by atoms with Gasteiger partial charge in [-0.05, 0) is 42.7 Å². The second kappa shape index (κ2) is 4.20. The highest BCUT2D eigenvalue weighted by Gasteiger charge is 2.22. The van der Waals surface area contributed by atoms with Crippen molar-refractivity contribution in [3.63, 3.8) is 0 Å². The minimum absolute atomic E-state index is 0.0477. The topological polar surface area (TPSA) is 61.7 Å². The third kappa shape index (κ3) is 2.16. The highest BCUT2D eigenvalue weighted by atomic mass is 16.3. The van der Waals surface area contributed by atoms with Crippen molar-refractivity contribution in [3.05, 3.63) is 28.8 Å². The number of carbonyl (C=O) groups is 1. The molecule has 1 aromatic rings. The Morgan fingerprint density at radius 2 is 1.94 bits per heavy atom. The summed E-state index contributed by atoms with van der Waals surface area (Å²) in [7, 11) is 0. The number of hydrogen-bond acceptors (Lipinski definition) is 3. The van der Waals surface area contributed by atoms with Gasteiger partial charge in [0.25, 0.3) is 0 Å². The van der Waals surface area contributed by atoms with Crippen molar-refractivity contribution >= 4 is 11.6 Å². The second-order valence-electron chi connectivity index (χ2n) is 4.60. The quantitative estimate of drug-likeness (QED) is 0.776. The molecular formula is C13H16N2O2. The number of nitrogens with zero attached hydrogens (tertiary/aromatic N) is 1. The van der Waals surface area contributed by atoms with E-state index >= 15 is 0 Å². The third-order valence-electron chi connectivity index (χ3n) is 3.05. The molecule has 0 radical (unpaired) electrons. The van der Waals surface area contributed by atoms with E-state index in [1.807, 2.05) is 32.9 Å². The van der Waals surface area contributed by atoms with Gasteiger partial charge in [-0.2, -0.15) is 5.10 Å². The van der Waals surface area contributed by atoms with E-state index < -0.39 is 0 Å². The van der Waals surface area contributed by atoms with Gasteiger partial charge in [0.2, 0.25) is 5.91 Å². The second-order valence-corrected chi connectivity index (χ2v) is 4.60. The van der Waals surface area contributed by atoms with Crippen LogP contribution in [-0.2, 0) is 4.79 Å². The molecule has 1 aliphatic heterocycles. The molecule has 1 atom stereocenters. The van der Waals surface area contributed by atoms with Crippen LogP contribution in [0.1, 0.15) is 30.0 Å². The SMILES string of the molecule is Cc1cc(C2=NNC(=O)CC2C)cc(C)c1O. The summed E-state index contributed by atoms with van der Waals surface area (Å²) >= 11 is 0. The zero-order valence-electron chi connectivity index (χ0n) is 10.2. The number of carbonyl (C=O) groups excluding carboxylic acids is 1. The van der Waals surface area contributed by atoms with E-state index in [1.54, 1.807) is 0 Å². The summed E-state index contributed by atoms with van der Waals surface area (Å²) in [4.78, 5) is 11.2. The van der Waals surface area contributed by atoms with Gasteiger partial charge < -0.3 is 5.11 Å². The fourth-order valence-corrected chi connectivity index (χ4v) is 2.11. The van der Waals surface area contributed by atoms with Crippen LogP contribution in [0.15, 0.2) is 17.2 Å². The van der Waals surface area contributed by atoms with Crippen molar-refractivity contribution in [2.45, 2.75) is 27.2 Å². The first kappa shape index (κ1) is 11.6. The van der Waals surface area contributed by atoms with E-state index in [0.29, 0.717) is 12.2 Å². The summed E-state index contributed by atoms with van der Waals surface area (Å²) in [5.74, 6) is 0.377. The number of phenolic OH excluding ortho intramolecular Hbond substituents is 1. The van der Waals surface area contributed by atoms with Crippen molar-refractivity contribution in [2.75, 3.05) is 0 Å². The van der Waals surface area contributed by atoms with Gasteiger partial charge >= 0.3 is 0 Å². The van der Waals surface area contributed by atoms with Crippen LogP contribution in [0.5, 0.6) is 5.75 Å². The summed E-state index contributed by atoms with van der Waals surface area (Å²) in [6, 6.07) is 3.80. The maximum absolute atomic E-state index is 11.2. The van der Waals surface area contributed by atoms with Crippen LogP contribution in [0.2, 0.25) is 0 Å². The van der Waals surface area contributed by atoms with Crippen LogP contribution in [-0.4, -0.2) is 16.7 Å². The number of phenols is 1. The zero-order chi connectivity index (χ0) is 12.6. The lowest BCUT2D eigenvalue weighted by Gasteiger charge is -2.20. The number of aromatic hydroxyl groups is 1. The van der Waals surface area contributed by atoms with Gasteiger partial charge in [0.05, 0.1) is 5.71 Å². The molecule has 0 bridgehead atoms. The van der Waals surface area contributed by atoms with Crippen molar-refractivity contribution in [3.8, 4) is 5.75 Å². The monoisotopic (exact) mass is 232 g/mol. The molecule has 90 valence electrons. The van der Waals surface area contributed by atoms with Gasteiger partial charge in [0.15, 0.2) is 0 Å². The molecule has 1 aromatic carbocycles. The summed E-state index contributed by atoms with van der Waals surface area (Å²) in [5, 5.41) is 13.8. The van der Waals surface area contributed by atoms with E-state index in [4.69, 9.17) is 0 Å². The van der Waals surface area contributed by atoms with E-state index in [-0.39, 0.29) is 11.8 Å².